The van der Waals surface area contributed by atoms with Gasteiger partial charge in [-0.05, 0) is 27.7 Å². The Morgan fingerprint density at radius 2 is 1.74 bits per heavy atom. The molecule has 1 saturated heterocycles. The number of aromatic nitrogens is 4. The second kappa shape index (κ2) is 16.1. The zero-order valence-electron chi connectivity index (χ0n) is 27.8. The van der Waals surface area contributed by atoms with Crippen molar-refractivity contribution in [2.24, 2.45) is 10.6 Å². The fourth-order valence-corrected chi connectivity index (χ4v) is 7.01. The van der Waals surface area contributed by atoms with Gasteiger partial charge in [-0.15, -0.1) is 0 Å². The molecular weight excluding hydrogens is 735 g/mol. The van der Waals surface area contributed by atoms with E-state index in [1.165, 1.54) is 13.8 Å². The number of oxime groups is 1. The van der Waals surface area contributed by atoms with Gasteiger partial charge in [0.15, 0.2) is 17.7 Å². The maximum Gasteiger partial charge on any atom is 0.481 e. The zero-order chi connectivity index (χ0) is 37.9. The third-order valence-electron chi connectivity index (χ3n) is 6.69. The summed E-state index contributed by atoms with van der Waals surface area (Å²) in [5.74, 6) is -0.880. The van der Waals surface area contributed by atoms with Crippen molar-refractivity contribution in [2.75, 3.05) is 25.5 Å². The van der Waals surface area contributed by atoms with Gasteiger partial charge in [0.25, 0.3) is 0 Å². The normalized spacial score (nSPS) is 23.7. The lowest BCUT2D eigenvalue weighted by molar-refractivity contribution is -0.136. The molecule has 3 heterocycles. The molecule has 1 aliphatic heterocycles. The number of phosphoric acid groups is 3. The van der Waals surface area contributed by atoms with E-state index in [4.69, 9.17) is 24.4 Å². The number of fused-ring (bicyclic) bond motifs is 1. The number of aliphatic hydroxyl groups is 2. The van der Waals surface area contributed by atoms with Gasteiger partial charge < -0.3 is 50.4 Å². The van der Waals surface area contributed by atoms with Gasteiger partial charge in [-0.25, -0.2) is 28.6 Å². The van der Waals surface area contributed by atoms with Gasteiger partial charge in [0.1, 0.15) is 41.9 Å². The summed E-state index contributed by atoms with van der Waals surface area (Å²) in [4.78, 5) is 68.6. The quantitative estimate of drug-likeness (QED) is 0.0615. The summed E-state index contributed by atoms with van der Waals surface area (Å²) in [7, 11) is -16.3. The van der Waals surface area contributed by atoms with E-state index in [9.17, 15) is 48.3 Å². The van der Waals surface area contributed by atoms with Crippen LogP contribution in [-0.2, 0) is 45.9 Å². The SMILES string of the molecule is C/C(CCNC(=O)C(O)C(C)(C)COP(=O)(O)OP(=O)(O)OCC1OC(n2cnc3c(N)ncnc32)C(O)C1OP(=O)(O)O)=N\OC(C)(C)C. The number of nitrogens with zero attached hydrogens (tertiary/aromatic N) is 5. The van der Waals surface area contributed by atoms with Crippen molar-refractivity contribution in [2.45, 2.75) is 84.2 Å². The molecule has 1 fully saturated rings. The molecule has 1 aliphatic rings. The molecule has 0 radical (unpaired) electrons. The summed E-state index contributed by atoms with van der Waals surface area (Å²) in [6.07, 6.45) is -6.23. The standard InChI is InChI=1S/C24H42N7O16P3/c1-13(30-46-23(2,3)4)7-8-26-21(34)18(33)24(5,6)10-43-50(40,41)47-49(38,39)42-9-14-17(45-48(35,36)37)16(32)22(44-14)31-12-29-15-19(25)27-11-28-20(15)31/h11-12,14,16-18,22,32-33H,7-10H2,1-6H3,(H,26,34)(H,38,39)(H,40,41)(H2,25,27,28)(H2,35,36,37)/b30-13+. The number of hydrogen-bond acceptors (Lipinski definition) is 17. The number of nitrogen functional groups attached to an aromatic ring is 1. The first-order valence-corrected chi connectivity index (χ1v) is 19.2. The molecule has 23 nitrogen and oxygen atoms in total. The molecule has 50 heavy (non-hydrogen) atoms. The monoisotopic (exact) mass is 777 g/mol. The van der Waals surface area contributed by atoms with Crippen LogP contribution in [0.25, 0.3) is 11.2 Å². The van der Waals surface area contributed by atoms with Crippen molar-refractivity contribution in [3.05, 3.63) is 12.7 Å². The molecule has 0 saturated carbocycles. The highest BCUT2D eigenvalue weighted by Crippen LogP contribution is 2.61. The number of hydrogen-bond donors (Lipinski definition) is 8. The second-order valence-electron chi connectivity index (χ2n) is 12.7. The van der Waals surface area contributed by atoms with Crippen LogP contribution >= 0.6 is 23.5 Å². The minimum Gasteiger partial charge on any atom is -0.390 e. The van der Waals surface area contributed by atoms with E-state index < -0.39 is 84.2 Å². The molecule has 2 aromatic heterocycles. The third-order valence-corrected chi connectivity index (χ3v) is 9.79. The largest absolute Gasteiger partial charge is 0.481 e. The van der Waals surface area contributed by atoms with Crippen molar-refractivity contribution in [3.63, 3.8) is 0 Å². The van der Waals surface area contributed by atoms with Gasteiger partial charge in [-0.1, -0.05) is 19.0 Å². The Labute approximate surface area is 285 Å². The van der Waals surface area contributed by atoms with Crippen molar-refractivity contribution in [3.8, 4) is 0 Å². The van der Waals surface area contributed by atoms with Gasteiger partial charge >= 0.3 is 23.5 Å². The lowest BCUT2D eigenvalue weighted by Crippen LogP contribution is -2.46. The fourth-order valence-electron chi connectivity index (χ4n) is 4.18. The predicted molar refractivity (Wildman–Crippen MR) is 171 cm³/mol. The van der Waals surface area contributed by atoms with Crippen LogP contribution in [0.15, 0.2) is 17.8 Å². The molecule has 26 heteroatoms. The Kier molecular flexibility index (Phi) is 13.5. The number of anilines is 1. The summed E-state index contributed by atoms with van der Waals surface area (Å²) >= 11 is 0. The Morgan fingerprint density at radius 3 is 2.36 bits per heavy atom. The Hall–Kier alpha value is -2.46. The van der Waals surface area contributed by atoms with Crippen LogP contribution in [0.5, 0.6) is 0 Å². The second-order valence-corrected chi connectivity index (χ2v) is 17.0. The van der Waals surface area contributed by atoms with E-state index in [0.29, 0.717) is 12.1 Å². The van der Waals surface area contributed by atoms with Crippen LogP contribution in [-0.4, -0.2) is 111 Å². The van der Waals surface area contributed by atoms with E-state index in [0.717, 1.165) is 17.2 Å². The molecule has 0 aromatic carbocycles. The number of carbonyl (C=O) groups is 1. The molecular formula is C24H42N7O16P3. The average Bonchev–Trinajstić information content (AvgIpc) is 3.53. The number of imidazole rings is 1. The zero-order valence-corrected chi connectivity index (χ0v) is 30.5. The van der Waals surface area contributed by atoms with Crippen LogP contribution < -0.4 is 11.1 Å². The number of amides is 1. The first-order valence-electron chi connectivity index (χ1n) is 14.6. The predicted octanol–water partition coefficient (Wildman–Crippen LogP) is 0.480. The van der Waals surface area contributed by atoms with Gasteiger partial charge in [0.2, 0.25) is 5.91 Å². The van der Waals surface area contributed by atoms with Crippen molar-refractivity contribution in [1.29, 1.82) is 0 Å². The van der Waals surface area contributed by atoms with E-state index >= 15 is 0 Å². The van der Waals surface area contributed by atoms with Gasteiger partial charge in [0, 0.05) is 18.4 Å². The van der Waals surface area contributed by atoms with E-state index in [1.54, 1.807) is 6.92 Å². The molecule has 7 unspecified atom stereocenters. The summed E-state index contributed by atoms with van der Waals surface area (Å²) in [5.41, 5.74) is 4.43. The Morgan fingerprint density at radius 1 is 1.10 bits per heavy atom. The molecule has 0 aliphatic carbocycles. The van der Waals surface area contributed by atoms with Crippen molar-refractivity contribution in [1.82, 2.24) is 24.8 Å². The first kappa shape index (κ1) is 42.0. The maximum atomic E-state index is 12.6. The highest BCUT2D eigenvalue weighted by Gasteiger charge is 2.50. The van der Waals surface area contributed by atoms with Crippen LogP contribution in [0.4, 0.5) is 5.82 Å². The van der Waals surface area contributed by atoms with E-state index in [1.807, 2.05) is 20.8 Å². The number of rotatable bonds is 17. The Balaban J connectivity index is 1.59. The molecule has 1 amide bonds. The topological polar surface area (TPSA) is 339 Å². The number of nitrogens with one attached hydrogen (secondary N) is 1. The number of aliphatic hydroxyl groups excluding tert-OH is 2. The van der Waals surface area contributed by atoms with Crippen LogP contribution in [0.3, 0.4) is 0 Å². The van der Waals surface area contributed by atoms with Crippen LogP contribution in [0, 0.1) is 5.41 Å². The Bertz CT molecular complexity index is 1680. The first-order chi connectivity index (χ1) is 22.8. The fraction of sp³-hybridized carbons (Fsp3) is 0.708. The molecule has 0 bridgehead atoms. The van der Waals surface area contributed by atoms with Gasteiger partial charge in [-0.3, -0.25) is 22.9 Å². The smallest absolute Gasteiger partial charge is 0.390 e. The average molecular weight is 778 g/mol. The minimum absolute atomic E-state index is 0.0294. The lowest BCUT2D eigenvalue weighted by Gasteiger charge is -2.30. The highest BCUT2D eigenvalue weighted by atomic mass is 31.3. The summed E-state index contributed by atoms with van der Waals surface area (Å²) in [6, 6.07) is 0. The number of carbonyl (C=O) groups excluding carboxylic acids is 1. The number of ether oxygens (including phenoxy) is 1. The maximum absolute atomic E-state index is 12.6. The third kappa shape index (κ3) is 12.1. The summed E-state index contributed by atoms with van der Waals surface area (Å²) in [6.45, 7) is 7.87. The van der Waals surface area contributed by atoms with E-state index in [2.05, 4.69) is 34.3 Å². The summed E-state index contributed by atoms with van der Waals surface area (Å²) in [5, 5.41) is 27.8. The highest BCUT2D eigenvalue weighted by molar-refractivity contribution is 7.61. The van der Waals surface area contributed by atoms with Crippen molar-refractivity contribution < 1.29 is 75.7 Å². The van der Waals surface area contributed by atoms with Gasteiger partial charge in [-0.2, -0.15) is 4.31 Å². The lowest BCUT2D eigenvalue weighted by atomic mass is 9.87. The molecule has 0 spiro atoms. The molecule has 2 aromatic rings. The number of nitrogens with two attached hydrogens (primary N) is 1. The minimum atomic E-state index is -5.52. The molecule has 7 atom stereocenters. The number of phosphoric ester groups is 3. The molecule has 3 rings (SSSR count). The van der Waals surface area contributed by atoms with Crippen molar-refractivity contribution >= 4 is 52.1 Å². The molecule has 9 N–H and O–H groups in total. The molecule has 284 valence electrons. The van der Waals surface area contributed by atoms with E-state index in [-0.39, 0.29) is 23.5 Å². The van der Waals surface area contributed by atoms with Crippen LogP contribution in [0.2, 0.25) is 0 Å². The van der Waals surface area contributed by atoms with Crippen LogP contribution in [0.1, 0.15) is 54.2 Å². The van der Waals surface area contributed by atoms with Gasteiger partial charge in [0.05, 0.1) is 25.3 Å². The summed E-state index contributed by atoms with van der Waals surface area (Å²) < 4.78 is 62.0.